The zero-order valence-electron chi connectivity index (χ0n) is 13.7. The van der Waals surface area contributed by atoms with E-state index in [-0.39, 0.29) is 11.1 Å². The molecule has 1 saturated heterocycles. The highest BCUT2D eigenvalue weighted by Crippen LogP contribution is 2.39. The molecule has 0 spiro atoms. The second-order valence-electron chi connectivity index (χ2n) is 5.41. The van der Waals surface area contributed by atoms with Crippen LogP contribution < -0.4 is 9.64 Å². The fourth-order valence-electron chi connectivity index (χ4n) is 2.37. The Kier molecular flexibility index (Phi) is 6.47. The summed E-state index contributed by atoms with van der Waals surface area (Å²) in [5.41, 5.74) is 1.24. The molecule has 1 fully saturated rings. The summed E-state index contributed by atoms with van der Waals surface area (Å²) in [5, 5.41) is 0.187. The predicted octanol–water partition coefficient (Wildman–Crippen LogP) is 6.67. The summed E-state index contributed by atoms with van der Waals surface area (Å²) in [5.74, 6) is 0.271. The number of thioether (sulfide) groups is 1. The molecule has 4 nitrogen and oxygen atoms in total. The number of amides is 2. The van der Waals surface area contributed by atoms with Gasteiger partial charge >= 0.3 is 0 Å². The van der Waals surface area contributed by atoms with Crippen molar-refractivity contribution in [3.05, 3.63) is 73.5 Å². The van der Waals surface area contributed by atoms with E-state index in [2.05, 4.69) is 38.4 Å². The number of anilines is 1. The van der Waals surface area contributed by atoms with E-state index in [4.69, 9.17) is 16.3 Å². The lowest BCUT2D eigenvalue weighted by atomic mass is 10.2. The molecule has 0 radical (unpaired) electrons. The topological polar surface area (TPSA) is 46.6 Å². The van der Waals surface area contributed by atoms with Gasteiger partial charge in [0.15, 0.2) is 0 Å². The number of nitrogens with zero attached hydrogens (tertiary/aromatic N) is 1. The summed E-state index contributed by atoms with van der Waals surface area (Å²) in [6, 6.07) is 10.2. The maximum atomic E-state index is 12.7. The first kappa shape index (κ1) is 20.2. The van der Waals surface area contributed by atoms with Crippen molar-refractivity contribution in [1.29, 1.82) is 0 Å². The largest absolute Gasteiger partial charge is 0.487 e. The van der Waals surface area contributed by atoms with Crippen LogP contribution in [0.4, 0.5) is 10.5 Å². The Bertz CT molecular complexity index is 937. The number of benzene rings is 2. The highest BCUT2D eigenvalue weighted by atomic mass is 79.9. The van der Waals surface area contributed by atoms with Gasteiger partial charge in [0.25, 0.3) is 11.1 Å². The minimum Gasteiger partial charge on any atom is -0.487 e. The molecule has 0 saturated carbocycles. The summed E-state index contributed by atoms with van der Waals surface area (Å²) in [6.45, 7) is 4.00. The molecule has 1 aliphatic rings. The molecule has 8 heteroatoms. The van der Waals surface area contributed by atoms with E-state index < -0.39 is 0 Å². The van der Waals surface area contributed by atoms with Gasteiger partial charge < -0.3 is 4.74 Å². The van der Waals surface area contributed by atoms with Gasteiger partial charge in [0, 0.05) is 5.02 Å². The van der Waals surface area contributed by atoms with E-state index in [1.807, 2.05) is 12.1 Å². The van der Waals surface area contributed by atoms with Crippen molar-refractivity contribution in [2.24, 2.45) is 0 Å². The summed E-state index contributed by atoms with van der Waals surface area (Å²) < 4.78 is 7.03. The lowest BCUT2D eigenvalue weighted by Gasteiger charge is -2.12. The molecular formula is C19H12Br2ClNO3S. The van der Waals surface area contributed by atoms with Crippen molar-refractivity contribution in [2.45, 2.75) is 0 Å². The van der Waals surface area contributed by atoms with Crippen LogP contribution in [0.15, 0.2) is 62.9 Å². The SMILES string of the molecule is C=CCOc1c(Br)cc(/C=C2\SC(=O)N(c3ccc(Cl)cc3)C2=O)cc1Br. The number of hydrogen-bond acceptors (Lipinski definition) is 4. The molecule has 2 amide bonds. The Morgan fingerprint density at radius 3 is 2.37 bits per heavy atom. The fourth-order valence-corrected chi connectivity index (χ4v) is 4.79. The van der Waals surface area contributed by atoms with E-state index in [1.165, 1.54) is 0 Å². The van der Waals surface area contributed by atoms with Gasteiger partial charge in [-0.1, -0.05) is 24.3 Å². The van der Waals surface area contributed by atoms with Crippen LogP contribution in [-0.4, -0.2) is 17.8 Å². The van der Waals surface area contributed by atoms with Gasteiger partial charge in [0.1, 0.15) is 12.4 Å². The third kappa shape index (κ3) is 4.48. The number of ether oxygens (including phenoxy) is 1. The van der Waals surface area contributed by atoms with Crippen LogP contribution in [-0.2, 0) is 4.79 Å². The smallest absolute Gasteiger partial charge is 0.298 e. The van der Waals surface area contributed by atoms with E-state index in [9.17, 15) is 9.59 Å². The highest BCUT2D eigenvalue weighted by molar-refractivity contribution is 9.11. The van der Waals surface area contributed by atoms with Crippen molar-refractivity contribution in [1.82, 2.24) is 0 Å². The Balaban J connectivity index is 1.89. The summed E-state index contributed by atoms with van der Waals surface area (Å²) in [6.07, 6.45) is 3.33. The number of carbonyl (C=O) groups excluding carboxylic acids is 2. The van der Waals surface area contributed by atoms with Crippen LogP contribution >= 0.6 is 55.2 Å². The average molecular weight is 530 g/mol. The lowest BCUT2D eigenvalue weighted by molar-refractivity contribution is -0.113. The first-order valence-corrected chi connectivity index (χ1v) is 10.4. The highest BCUT2D eigenvalue weighted by Gasteiger charge is 2.36. The van der Waals surface area contributed by atoms with Crippen molar-refractivity contribution in [3.63, 3.8) is 0 Å². The van der Waals surface area contributed by atoms with Crippen LogP contribution in [0.5, 0.6) is 5.75 Å². The van der Waals surface area contributed by atoms with Gasteiger partial charge in [-0.05, 0) is 91.7 Å². The van der Waals surface area contributed by atoms with Gasteiger partial charge in [0.05, 0.1) is 19.5 Å². The second kappa shape index (κ2) is 8.65. The predicted molar refractivity (Wildman–Crippen MR) is 117 cm³/mol. The van der Waals surface area contributed by atoms with Crippen molar-refractivity contribution < 1.29 is 14.3 Å². The Morgan fingerprint density at radius 1 is 1.15 bits per heavy atom. The third-order valence-electron chi connectivity index (χ3n) is 3.54. The number of rotatable bonds is 5. The van der Waals surface area contributed by atoms with Crippen LogP contribution in [0.1, 0.15) is 5.56 Å². The molecule has 27 heavy (non-hydrogen) atoms. The van der Waals surface area contributed by atoms with Gasteiger partial charge in [-0.15, -0.1) is 0 Å². The zero-order chi connectivity index (χ0) is 19.6. The zero-order valence-corrected chi connectivity index (χ0v) is 18.5. The first-order chi connectivity index (χ1) is 12.9. The molecule has 1 aliphatic heterocycles. The van der Waals surface area contributed by atoms with Gasteiger partial charge in [0.2, 0.25) is 0 Å². The molecule has 138 valence electrons. The number of halogens is 3. The lowest BCUT2D eigenvalue weighted by Crippen LogP contribution is -2.27. The molecular weight excluding hydrogens is 518 g/mol. The minimum absolute atomic E-state index is 0.341. The van der Waals surface area contributed by atoms with E-state index >= 15 is 0 Å². The molecule has 2 aromatic rings. The summed E-state index contributed by atoms with van der Waals surface area (Å²) in [7, 11) is 0. The molecule has 0 bridgehead atoms. The Labute approximate surface area is 182 Å². The Morgan fingerprint density at radius 2 is 1.78 bits per heavy atom. The van der Waals surface area contributed by atoms with E-state index in [1.54, 1.807) is 36.4 Å². The molecule has 2 aromatic carbocycles. The quantitative estimate of drug-likeness (QED) is 0.321. The minimum atomic E-state index is -0.369. The van der Waals surface area contributed by atoms with Crippen molar-refractivity contribution in [3.8, 4) is 5.75 Å². The maximum Gasteiger partial charge on any atom is 0.298 e. The van der Waals surface area contributed by atoms with Gasteiger partial charge in [-0.2, -0.15) is 0 Å². The molecule has 3 rings (SSSR count). The van der Waals surface area contributed by atoms with E-state index in [0.717, 1.165) is 31.2 Å². The number of hydrogen-bond donors (Lipinski definition) is 0. The maximum absolute atomic E-state index is 12.7. The number of carbonyl (C=O) groups is 2. The normalized spacial score (nSPS) is 15.5. The third-order valence-corrected chi connectivity index (χ3v) is 5.84. The van der Waals surface area contributed by atoms with Gasteiger partial charge in [-0.25, -0.2) is 4.90 Å². The van der Waals surface area contributed by atoms with Crippen molar-refractivity contribution >= 4 is 78.1 Å². The van der Waals surface area contributed by atoms with E-state index in [0.29, 0.717) is 28.0 Å². The summed E-state index contributed by atoms with van der Waals surface area (Å²) in [4.78, 5) is 26.5. The molecule has 0 aromatic heterocycles. The van der Waals surface area contributed by atoms with Crippen molar-refractivity contribution in [2.75, 3.05) is 11.5 Å². The molecule has 1 heterocycles. The van der Waals surface area contributed by atoms with Crippen LogP contribution in [0.25, 0.3) is 6.08 Å². The van der Waals surface area contributed by atoms with Crippen LogP contribution in [0, 0.1) is 0 Å². The molecule has 0 aliphatic carbocycles. The molecule has 0 N–H and O–H groups in total. The Hall–Kier alpha value is -1.54. The standard InChI is InChI=1S/C19H12Br2ClNO3S/c1-2-7-26-17-14(20)8-11(9-15(17)21)10-16-18(24)23(19(25)27-16)13-5-3-12(22)4-6-13/h2-6,8-10H,1,7H2/b16-10-. The molecule has 0 unspecified atom stereocenters. The summed E-state index contributed by atoms with van der Waals surface area (Å²) >= 11 is 13.7. The van der Waals surface area contributed by atoms with Gasteiger partial charge in [-0.3, -0.25) is 9.59 Å². The average Bonchev–Trinajstić information content (AvgIpc) is 2.89. The van der Waals surface area contributed by atoms with Crippen LogP contribution in [0.3, 0.4) is 0 Å². The monoisotopic (exact) mass is 527 g/mol. The second-order valence-corrected chi connectivity index (χ2v) is 8.55. The number of imide groups is 1. The fraction of sp³-hybridized carbons (Fsp3) is 0.0526. The molecule has 0 atom stereocenters. The first-order valence-electron chi connectivity index (χ1n) is 7.67. The van der Waals surface area contributed by atoms with Crippen LogP contribution in [0.2, 0.25) is 5.02 Å².